The van der Waals surface area contributed by atoms with Crippen LogP contribution in [0.5, 0.6) is 0 Å². The number of carbonyl (C=O) groups excluding carboxylic acids is 1. The highest BCUT2D eigenvalue weighted by Gasteiger charge is 2.33. The highest BCUT2D eigenvalue weighted by atomic mass is 16.5. The Hall–Kier alpha value is -1.63. The number of hydrogen-bond acceptors (Lipinski definition) is 4. The molecule has 0 saturated carbocycles. The van der Waals surface area contributed by atoms with Crippen LogP contribution in [0.25, 0.3) is 0 Å². The molecule has 1 N–H and O–H groups in total. The van der Waals surface area contributed by atoms with Crippen molar-refractivity contribution in [2.45, 2.75) is 71.1 Å². The largest absolute Gasteiger partial charge is 0.372 e. The summed E-state index contributed by atoms with van der Waals surface area (Å²) >= 11 is 0. The van der Waals surface area contributed by atoms with Crippen LogP contribution in [-0.4, -0.2) is 57.0 Å². The summed E-state index contributed by atoms with van der Waals surface area (Å²) in [5.41, 5.74) is -0.229. The lowest BCUT2D eigenvalue weighted by molar-refractivity contribution is -0.0875. The second kappa shape index (κ2) is 6.70. The summed E-state index contributed by atoms with van der Waals surface area (Å²) in [6.45, 7) is 11.0. The zero-order valence-corrected chi connectivity index (χ0v) is 15.2. The van der Waals surface area contributed by atoms with Crippen LogP contribution < -0.4 is 5.32 Å². The molecule has 0 radical (unpaired) electrons. The van der Waals surface area contributed by atoms with E-state index in [2.05, 4.69) is 43.1 Å². The van der Waals surface area contributed by atoms with Gasteiger partial charge in [0.2, 0.25) is 0 Å². The van der Waals surface area contributed by atoms with Crippen molar-refractivity contribution >= 4 is 6.03 Å². The van der Waals surface area contributed by atoms with E-state index in [0.717, 1.165) is 30.9 Å². The van der Waals surface area contributed by atoms with Crippen molar-refractivity contribution in [3.8, 4) is 0 Å². The van der Waals surface area contributed by atoms with E-state index in [0.29, 0.717) is 32.2 Å². The van der Waals surface area contributed by atoms with Gasteiger partial charge in [-0.1, -0.05) is 20.8 Å². The van der Waals surface area contributed by atoms with Gasteiger partial charge in [0.25, 0.3) is 0 Å². The average Bonchev–Trinajstić information content (AvgIpc) is 2.98. The normalized spacial score (nSPS) is 27.2. The summed E-state index contributed by atoms with van der Waals surface area (Å²) in [7, 11) is 0. The number of amides is 2. The van der Waals surface area contributed by atoms with Gasteiger partial charge in [-0.15, -0.1) is 0 Å². The van der Waals surface area contributed by atoms with Gasteiger partial charge in [0.1, 0.15) is 5.82 Å². The van der Waals surface area contributed by atoms with Crippen LogP contribution in [0.15, 0.2) is 0 Å². The van der Waals surface area contributed by atoms with Gasteiger partial charge in [0, 0.05) is 18.9 Å². The number of rotatable bonds is 3. The minimum absolute atomic E-state index is 0.00984. The summed E-state index contributed by atoms with van der Waals surface area (Å²) in [5, 5.41) is 7.75. The Kier molecular flexibility index (Phi) is 4.80. The van der Waals surface area contributed by atoms with Gasteiger partial charge in [-0.2, -0.15) is 5.10 Å². The Morgan fingerprint density at radius 3 is 3.00 bits per heavy atom. The molecule has 1 fully saturated rings. The Balaban J connectivity index is 1.59. The molecule has 7 nitrogen and oxygen atoms in total. The van der Waals surface area contributed by atoms with Crippen molar-refractivity contribution < 1.29 is 9.53 Å². The van der Waals surface area contributed by atoms with E-state index in [4.69, 9.17) is 4.74 Å². The van der Waals surface area contributed by atoms with Gasteiger partial charge in [-0.25, -0.2) is 14.5 Å². The molecule has 3 rings (SSSR count). The van der Waals surface area contributed by atoms with Crippen LogP contribution in [-0.2, 0) is 17.7 Å². The fourth-order valence-electron chi connectivity index (χ4n) is 3.27. The Labute approximate surface area is 143 Å². The zero-order valence-electron chi connectivity index (χ0n) is 15.2. The van der Waals surface area contributed by atoms with Crippen LogP contribution in [0, 0.1) is 0 Å². The van der Waals surface area contributed by atoms with Gasteiger partial charge in [-0.05, 0) is 19.8 Å². The summed E-state index contributed by atoms with van der Waals surface area (Å²) in [5.74, 6) is 2.26. The lowest BCUT2D eigenvalue weighted by atomic mass is 10.0. The Morgan fingerprint density at radius 1 is 1.50 bits per heavy atom. The minimum atomic E-state index is -0.229. The summed E-state index contributed by atoms with van der Waals surface area (Å²) in [4.78, 5) is 19.1. The number of fused-ring (bicyclic) bond motifs is 1. The third-order valence-corrected chi connectivity index (χ3v) is 5.09. The molecule has 0 aromatic carbocycles. The third kappa shape index (κ3) is 3.55. The molecule has 2 aliphatic heterocycles. The molecule has 2 aliphatic rings. The molecular formula is C17H29N5O2. The first-order valence-corrected chi connectivity index (χ1v) is 9.03. The van der Waals surface area contributed by atoms with Crippen LogP contribution in [0.3, 0.4) is 0 Å². The number of nitrogens with zero attached hydrogens (tertiary/aromatic N) is 4. The topological polar surface area (TPSA) is 72.3 Å². The molecule has 2 atom stereocenters. The van der Waals surface area contributed by atoms with Gasteiger partial charge in [0.15, 0.2) is 5.82 Å². The number of aryl methyl sites for hydroxylation is 1. The van der Waals surface area contributed by atoms with E-state index in [1.807, 2.05) is 9.58 Å². The molecule has 0 bridgehead atoms. The maximum absolute atomic E-state index is 12.6. The number of morpholine rings is 1. The molecule has 24 heavy (non-hydrogen) atoms. The molecule has 1 aromatic heterocycles. The minimum Gasteiger partial charge on any atom is -0.372 e. The average molecular weight is 335 g/mol. The highest BCUT2D eigenvalue weighted by molar-refractivity contribution is 5.74. The molecular weight excluding hydrogens is 306 g/mol. The van der Waals surface area contributed by atoms with Crippen LogP contribution in [0.1, 0.15) is 58.1 Å². The molecule has 0 unspecified atom stereocenters. The van der Waals surface area contributed by atoms with Crippen molar-refractivity contribution in [1.29, 1.82) is 0 Å². The van der Waals surface area contributed by atoms with Crippen molar-refractivity contribution in [3.63, 3.8) is 0 Å². The third-order valence-electron chi connectivity index (χ3n) is 5.09. The van der Waals surface area contributed by atoms with Gasteiger partial charge in [-0.3, -0.25) is 0 Å². The Morgan fingerprint density at radius 2 is 2.29 bits per heavy atom. The molecule has 0 aliphatic carbocycles. The molecule has 1 aromatic rings. The summed E-state index contributed by atoms with van der Waals surface area (Å²) in [6, 6.07) is 0.123. The molecule has 0 spiro atoms. The van der Waals surface area contributed by atoms with E-state index in [1.165, 1.54) is 0 Å². The predicted molar refractivity (Wildman–Crippen MR) is 91.0 cm³/mol. The van der Waals surface area contributed by atoms with E-state index < -0.39 is 0 Å². The van der Waals surface area contributed by atoms with Gasteiger partial charge in [0.05, 0.1) is 31.3 Å². The first-order valence-electron chi connectivity index (χ1n) is 9.03. The SMILES string of the molecule is CC[C@]1(C)CN(C(=O)N[C@@H]2CCc3nc(C(C)C)nn3C2)CCO1. The quantitative estimate of drug-likeness (QED) is 0.916. The van der Waals surface area contributed by atoms with Gasteiger partial charge >= 0.3 is 6.03 Å². The van der Waals surface area contributed by atoms with Crippen molar-refractivity contribution in [2.75, 3.05) is 19.7 Å². The van der Waals surface area contributed by atoms with E-state index in [1.54, 1.807) is 0 Å². The molecule has 7 heteroatoms. The number of hydrogen-bond donors (Lipinski definition) is 1. The zero-order chi connectivity index (χ0) is 17.3. The summed E-state index contributed by atoms with van der Waals surface area (Å²) < 4.78 is 7.77. The number of carbonyl (C=O) groups is 1. The Bertz CT molecular complexity index is 600. The fourth-order valence-corrected chi connectivity index (χ4v) is 3.27. The number of nitrogens with one attached hydrogen (secondary N) is 1. The van der Waals surface area contributed by atoms with E-state index in [9.17, 15) is 4.79 Å². The molecule has 134 valence electrons. The van der Waals surface area contributed by atoms with Crippen molar-refractivity contribution in [3.05, 3.63) is 11.6 Å². The second-order valence-corrected chi connectivity index (χ2v) is 7.48. The van der Waals surface area contributed by atoms with E-state index in [-0.39, 0.29) is 17.7 Å². The number of ether oxygens (including phenoxy) is 1. The first-order chi connectivity index (χ1) is 11.4. The monoisotopic (exact) mass is 335 g/mol. The summed E-state index contributed by atoms with van der Waals surface area (Å²) in [6.07, 6.45) is 2.68. The highest BCUT2D eigenvalue weighted by Crippen LogP contribution is 2.22. The maximum atomic E-state index is 12.6. The smallest absolute Gasteiger partial charge is 0.317 e. The van der Waals surface area contributed by atoms with E-state index >= 15 is 0 Å². The number of urea groups is 1. The fraction of sp³-hybridized carbons (Fsp3) is 0.824. The second-order valence-electron chi connectivity index (χ2n) is 7.48. The lowest BCUT2D eigenvalue weighted by Crippen LogP contribution is -2.56. The standard InChI is InChI=1S/C17H29N5O2/c1-5-17(4)11-21(8-9-24-17)16(23)18-13-6-7-14-19-15(12(2)3)20-22(14)10-13/h12-13H,5-11H2,1-4H3,(H,18,23)/t13-,17-/m1/s1. The number of aromatic nitrogens is 3. The van der Waals surface area contributed by atoms with Crippen LogP contribution in [0.2, 0.25) is 0 Å². The van der Waals surface area contributed by atoms with Crippen molar-refractivity contribution in [2.24, 2.45) is 0 Å². The predicted octanol–water partition coefficient (Wildman–Crippen LogP) is 1.93. The van der Waals surface area contributed by atoms with Crippen molar-refractivity contribution in [1.82, 2.24) is 25.0 Å². The lowest BCUT2D eigenvalue weighted by Gasteiger charge is -2.40. The molecule has 1 saturated heterocycles. The van der Waals surface area contributed by atoms with Gasteiger partial charge < -0.3 is 15.0 Å². The van der Waals surface area contributed by atoms with Crippen LogP contribution in [0.4, 0.5) is 4.79 Å². The molecule has 2 amide bonds. The maximum Gasteiger partial charge on any atom is 0.317 e. The molecule has 3 heterocycles. The first kappa shape index (κ1) is 17.2. The van der Waals surface area contributed by atoms with Crippen LogP contribution >= 0.6 is 0 Å².